The highest BCUT2D eigenvalue weighted by Crippen LogP contribution is 2.27. The lowest BCUT2D eigenvalue weighted by atomic mass is 10.00. The molecule has 0 bridgehead atoms. The zero-order valence-corrected chi connectivity index (χ0v) is 18.3. The summed E-state index contributed by atoms with van der Waals surface area (Å²) in [6.07, 6.45) is -0.177. The van der Waals surface area contributed by atoms with Gasteiger partial charge in [-0.25, -0.2) is 4.79 Å². The minimum atomic E-state index is -0.740. The van der Waals surface area contributed by atoms with Crippen LogP contribution in [0.1, 0.15) is 31.8 Å². The van der Waals surface area contributed by atoms with Gasteiger partial charge < -0.3 is 19.2 Å². The Morgan fingerprint density at radius 2 is 1.44 bits per heavy atom. The Morgan fingerprint density at radius 1 is 0.794 bits per heavy atom. The first kappa shape index (κ1) is 21.7. The van der Waals surface area contributed by atoms with E-state index in [0.717, 1.165) is 22.6 Å². The van der Waals surface area contributed by atoms with Crippen molar-refractivity contribution in [2.24, 2.45) is 0 Å². The van der Waals surface area contributed by atoms with E-state index in [1.807, 2.05) is 54.6 Å². The topological polar surface area (TPSA) is 85.4 Å². The summed E-state index contributed by atoms with van der Waals surface area (Å²) in [4.78, 5) is 44.3. The quantitative estimate of drug-likeness (QED) is 0.537. The van der Waals surface area contributed by atoms with Gasteiger partial charge in [0.05, 0.1) is 24.3 Å². The summed E-state index contributed by atoms with van der Waals surface area (Å²) in [5.74, 6) is 0.198. The van der Waals surface area contributed by atoms with Crippen molar-refractivity contribution in [1.82, 2.24) is 9.96 Å². The predicted octanol–water partition coefficient (Wildman–Crippen LogP) is 4.05. The van der Waals surface area contributed by atoms with Gasteiger partial charge in [-0.15, -0.1) is 0 Å². The Balaban J connectivity index is 1.25. The van der Waals surface area contributed by atoms with Crippen LogP contribution in [-0.4, -0.2) is 54.2 Å². The third-order valence-electron chi connectivity index (χ3n) is 5.66. The number of benzene rings is 3. The highest BCUT2D eigenvalue weighted by molar-refractivity contribution is 6.21. The molecule has 1 fully saturated rings. The molecule has 0 atom stereocenters. The third-order valence-corrected chi connectivity index (χ3v) is 5.66. The Hall–Kier alpha value is -4.17. The van der Waals surface area contributed by atoms with E-state index in [9.17, 15) is 14.4 Å². The zero-order valence-electron chi connectivity index (χ0n) is 18.3. The molecule has 0 aliphatic carbocycles. The van der Waals surface area contributed by atoms with Gasteiger partial charge >= 0.3 is 6.09 Å². The second kappa shape index (κ2) is 9.36. The Labute approximate surface area is 196 Å². The minimum Gasteiger partial charge on any atom is -0.457 e. The van der Waals surface area contributed by atoms with E-state index in [4.69, 9.17) is 14.3 Å². The molecule has 2 aliphatic heterocycles. The van der Waals surface area contributed by atoms with Crippen molar-refractivity contribution >= 4 is 17.9 Å². The molecule has 0 spiro atoms. The van der Waals surface area contributed by atoms with Gasteiger partial charge in [0, 0.05) is 13.1 Å². The number of hydrogen-bond acceptors (Lipinski definition) is 6. The average Bonchev–Trinajstić information content (AvgIpc) is 3.10. The van der Waals surface area contributed by atoms with Crippen LogP contribution in [0.25, 0.3) is 0 Å². The number of hydrogen-bond donors (Lipinski definition) is 0. The number of hydroxylamine groups is 2. The largest absolute Gasteiger partial charge is 0.457 e. The fraction of sp³-hybridized carbons (Fsp3) is 0.192. The van der Waals surface area contributed by atoms with Crippen LogP contribution in [0.5, 0.6) is 11.5 Å². The molecule has 0 N–H and O–H groups in total. The predicted molar refractivity (Wildman–Crippen MR) is 122 cm³/mol. The summed E-state index contributed by atoms with van der Waals surface area (Å²) >= 11 is 0. The van der Waals surface area contributed by atoms with Crippen molar-refractivity contribution < 1.29 is 28.7 Å². The number of carbonyl (C=O) groups excluding carboxylic acids is 3. The van der Waals surface area contributed by atoms with Crippen molar-refractivity contribution in [1.29, 1.82) is 0 Å². The van der Waals surface area contributed by atoms with Gasteiger partial charge in [0.2, 0.25) is 0 Å². The fourth-order valence-corrected chi connectivity index (χ4v) is 3.88. The molecule has 0 radical (unpaired) electrons. The van der Waals surface area contributed by atoms with Crippen LogP contribution >= 0.6 is 0 Å². The number of amides is 3. The van der Waals surface area contributed by atoms with Crippen LogP contribution in [0.4, 0.5) is 4.79 Å². The maximum atomic E-state index is 12.8. The lowest BCUT2D eigenvalue weighted by Crippen LogP contribution is -2.44. The fourth-order valence-electron chi connectivity index (χ4n) is 3.88. The van der Waals surface area contributed by atoms with Gasteiger partial charge in [0.25, 0.3) is 11.8 Å². The highest BCUT2D eigenvalue weighted by Gasteiger charge is 2.40. The highest BCUT2D eigenvalue weighted by atomic mass is 16.7. The molecule has 5 rings (SSSR count). The Morgan fingerprint density at radius 3 is 2.18 bits per heavy atom. The van der Waals surface area contributed by atoms with Crippen LogP contribution < -0.4 is 4.74 Å². The van der Waals surface area contributed by atoms with Crippen LogP contribution in [0.3, 0.4) is 0 Å². The molecule has 8 nitrogen and oxygen atoms in total. The lowest BCUT2D eigenvalue weighted by molar-refractivity contribution is -0.0657. The van der Waals surface area contributed by atoms with Gasteiger partial charge in [-0.3, -0.25) is 9.59 Å². The number of ether oxygens (including phenoxy) is 2. The standard InChI is InChI=1S/C26H22N2O6/c29-24-22-11-8-19(16-18-6-9-21(10-7-18)33-20-4-2-1-3-5-20)17-23(22)25(30)28(24)34-26(31)27-12-14-32-15-13-27/h1-11,17H,12-16H2. The summed E-state index contributed by atoms with van der Waals surface area (Å²) in [5, 5.41) is 0.544. The first-order valence-electron chi connectivity index (χ1n) is 11.0. The summed E-state index contributed by atoms with van der Waals surface area (Å²) in [6.45, 7) is 1.47. The van der Waals surface area contributed by atoms with Gasteiger partial charge in [0.1, 0.15) is 11.5 Å². The van der Waals surface area contributed by atoms with Crippen molar-refractivity contribution in [2.45, 2.75) is 6.42 Å². The average molecular weight is 458 g/mol. The van der Waals surface area contributed by atoms with E-state index in [0.29, 0.717) is 37.8 Å². The van der Waals surface area contributed by atoms with E-state index in [2.05, 4.69) is 0 Å². The van der Waals surface area contributed by atoms with Crippen molar-refractivity contribution in [3.05, 3.63) is 95.1 Å². The first-order valence-corrected chi connectivity index (χ1v) is 11.0. The number of rotatable bonds is 5. The number of imide groups is 1. The zero-order chi connectivity index (χ0) is 23.5. The first-order chi connectivity index (χ1) is 16.6. The smallest absolute Gasteiger partial charge is 0.434 e. The summed E-state index contributed by atoms with van der Waals surface area (Å²) < 4.78 is 11.0. The molecule has 0 unspecified atom stereocenters. The number of nitrogens with zero attached hydrogens (tertiary/aromatic N) is 2. The van der Waals surface area contributed by atoms with Crippen molar-refractivity contribution in [3.63, 3.8) is 0 Å². The summed E-state index contributed by atoms with van der Waals surface area (Å²) in [7, 11) is 0. The van der Waals surface area contributed by atoms with Crippen LogP contribution in [0, 0.1) is 0 Å². The Bertz CT molecular complexity index is 1220. The maximum absolute atomic E-state index is 12.8. The maximum Gasteiger partial charge on any atom is 0.434 e. The molecule has 8 heteroatoms. The number of fused-ring (bicyclic) bond motifs is 1. The van der Waals surface area contributed by atoms with E-state index in [-0.39, 0.29) is 11.1 Å². The van der Waals surface area contributed by atoms with E-state index < -0.39 is 17.9 Å². The second-order valence-electron chi connectivity index (χ2n) is 7.98. The molecule has 3 aromatic carbocycles. The molecule has 172 valence electrons. The molecule has 3 amide bonds. The molecular formula is C26H22N2O6. The monoisotopic (exact) mass is 458 g/mol. The summed E-state index contributed by atoms with van der Waals surface area (Å²) in [6, 6.07) is 22.3. The number of carbonyl (C=O) groups is 3. The van der Waals surface area contributed by atoms with Crippen molar-refractivity contribution in [3.8, 4) is 11.5 Å². The molecular weight excluding hydrogens is 436 g/mol. The molecule has 0 saturated carbocycles. The van der Waals surface area contributed by atoms with Gasteiger partial charge in [-0.05, 0) is 53.9 Å². The third kappa shape index (κ3) is 4.49. The number of para-hydroxylation sites is 1. The van der Waals surface area contributed by atoms with Crippen molar-refractivity contribution in [2.75, 3.05) is 26.3 Å². The van der Waals surface area contributed by atoms with Gasteiger partial charge in [-0.2, -0.15) is 0 Å². The second-order valence-corrected chi connectivity index (χ2v) is 7.98. The van der Waals surface area contributed by atoms with Gasteiger partial charge in [0.15, 0.2) is 0 Å². The van der Waals surface area contributed by atoms with Crippen LogP contribution in [0.2, 0.25) is 0 Å². The lowest BCUT2D eigenvalue weighted by Gasteiger charge is -2.26. The van der Waals surface area contributed by atoms with Crippen LogP contribution in [0.15, 0.2) is 72.8 Å². The molecule has 1 saturated heterocycles. The summed E-state index contributed by atoms with van der Waals surface area (Å²) in [5.41, 5.74) is 2.32. The molecule has 2 heterocycles. The van der Waals surface area contributed by atoms with E-state index in [1.165, 1.54) is 4.90 Å². The van der Waals surface area contributed by atoms with E-state index >= 15 is 0 Å². The molecule has 0 aromatic heterocycles. The Kier molecular flexibility index (Phi) is 5.97. The molecule has 2 aliphatic rings. The van der Waals surface area contributed by atoms with Gasteiger partial charge in [-0.1, -0.05) is 41.5 Å². The SMILES string of the molecule is O=C(ON1C(=O)c2ccc(Cc3ccc(Oc4ccccc4)cc3)cc2C1=O)N1CCOCC1. The normalized spacial score (nSPS) is 15.3. The van der Waals surface area contributed by atoms with Crippen LogP contribution in [-0.2, 0) is 16.0 Å². The van der Waals surface area contributed by atoms with E-state index in [1.54, 1.807) is 18.2 Å². The molecule has 3 aromatic rings. The molecule has 34 heavy (non-hydrogen) atoms. The number of morpholine rings is 1. The minimum absolute atomic E-state index is 0.218.